The molecule has 5 nitrogen and oxygen atoms in total. The van der Waals surface area contributed by atoms with Crippen LogP contribution in [-0.2, 0) is 33.6 Å². The normalized spacial score (nSPS) is 12.8. The average molecular weight is 379 g/mol. The van der Waals surface area contributed by atoms with E-state index in [1.165, 1.54) is 24.0 Å². The highest BCUT2D eigenvalue weighted by Gasteiger charge is 2.14. The number of hydrogen-bond acceptors (Lipinski definition) is 4. The highest BCUT2D eigenvalue weighted by Crippen LogP contribution is 2.22. The van der Waals surface area contributed by atoms with Gasteiger partial charge in [0.15, 0.2) is 12.4 Å². The third-order valence-corrected chi connectivity index (χ3v) is 4.94. The first-order chi connectivity index (χ1) is 13.5. The molecule has 2 aromatic rings. The summed E-state index contributed by atoms with van der Waals surface area (Å²) in [6.07, 6.45) is 5.14. The molecule has 1 N–H and O–H groups in total. The fraction of sp³-hybridized carbons (Fsp3) is 0.348. The maximum Gasteiger partial charge on any atom is 0.310 e. The van der Waals surface area contributed by atoms with Crippen LogP contribution < -0.4 is 5.32 Å². The number of fused-ring (bicyclic) bond motifs is 1. The van der Waals surface area contributed by atoms with E-state index >= 15 is 0 Å². The van der Waals surface area contributed by atoms with E-state index in [0.29, 0.717) is 17.7 Å². The molecule has 1 aliphatic carbocycles. The zero-order valence-electron chi connectivity index (χ0n) is 16.1. The number of benzene rings is 2. The summed E-state index contributed by atoms with van der Waals surface area (Å²) in [6.45, 7) is 1.48. The molecule has 5 heteroatoms. The van der Waals surface area contributed by atoms with Gasteiger partial charge in [-0.25, -0.2) is 0 Å². The molecule has 1 aliphatic rings. The zero-order valence-corrected chi connectivity index (χ0v) is 16.1. The monoisotopic (exact) mass is 379 g/mol. The molecule has 0 saturated heterocycles. The van der Waals surface area contributed by atoms with Gasteiger partial charge < -0.3 is 10.1 Å². The minimum Gasteiger partial charge on any atom is -0.457 e. The largest absolute Gasteiger partial charge is 0.457 e. The van der Waals surface area contributed by atoms with E-state index < -0.39 is 5.97 Å². The molecule has 0 spiro atoms. The Morgan fingerprint density at radius 2 is 1.68 bits per heavy atom. The number of carbonyl (C=O) groups is 3. The zero-order chi connectivity index (χ0) is 19.9. The number of carbonyl (C=O) groups excluding carboxylic acids is 3. The lowest BCUT2D eigenvalue weighted by Gasteiger charge is -2.16. The van der Waals surface area contributed by atoms with Crippen molar-refractivity contribution >= 4 is 23.3 Å². The Kier molecular flexibility index (Phi) is 6.58. The Hall–Kier alpha value is -2.95. The van der Waals surface area contributed by atoms with Crippen LogP contribution >= 0.6 is 0 Å². The molecule has 1 amide bonds. The van der Waals surface area contributed by atoms with Gasteiger partial charge in [-0.3, -0.25) is 14.4 Å². The molecule has 0 bridgehead atoms. The van der Waals surface area contributed by atoms with Gasteiger partial charge >= 0.3 is 5.97 Å². The molecule has 28 heavy (non-hydrogen) atoms. The van der Waals surface area contributed by atoms with E-state index in [9.17, 15) is 14.4 Å². The van der Waals surface area contributed by atoms with Crippen molar-refractivity contribution in [3.8, 4) is 0 Å². The van der Waals surface area contributed by atoms with Gasteiger partial charge in [0, 0.05) is 17.7 Å². The number of esters is 1. The number of amides is 1. The summed E-state index contributed by atoms with van der Waals surface area (Å²) in [5.74, 6) is -0.765. The summed E-state index contributed by atoms with van der Waals surface area (Å²) in [5.41, 5.74) is 4.69. The maximum atomic E-state index is 12.2. The second kappa shape index (κ2) is 9.31. The topological polar surface area (TPSA) is 72.5 Å². The average Bonchev–Trinajstić information content (AvgIpc) is 2.72. The van der Waals surface area contributed by atoms with Crippen molar-refractivity contribution in [1.29, 1.82) is 0 Å². The minimum atomic E-state index is -0.407. The summed E-state index contributed by atoms with van der Waals surface area (Å²) < 4.78 is 5.16. The van der Waals surface area contributed by atoms with Gasteiger partial charge in [0.1, 0.15) is 0 Å². The fourth-order valence-corrected chi connectivity index (χ4v) is 3.33. The molecule has 0 atom stereocenters. The lowest BCUT2D eigenvalue weighted by molar-refractivity contribution is -0.141. The molecule has 0 aromatic heterocycles. The molecule has 2 aromatic carbocycles. The van der Waals surface area contributed by atoms with Gasteiger partial charge in [0.05, 0.1) is 6.42 Å². The van der Waals surface area contributed by atoms with Crippen LogP contribution in [0.4, 0.5) is 5.69 Å². The molecular formula is C23H25NO4. The number of ether oxygens (including phenoxy) is 1. The van der Waals surface area contributed by atoms with Crippen molar-refractivity contribution in [1.82, 2.24) is 0 Å². The standard InChI is InChI=1S/C23H25NO4/c1-2-22(26)24-20-11-9-18(10-12-20)21(25)15-28-23(27)14-16-7-8-17-5-3-4-6-19(17)13-16/h7-13H,2-6,14-15H2,1H3,(H,24,26). The van der Waals surface area contributed by atoms with Gasteiger partial charge in [-0.15, -0.1) is 0 Å². The highest BCUT2D eigenvalue weighted by molar-refractivity contribution is 5.98. The molecule has 3 rings (SSSR count). The molecule has 0 fully saturated rings. The van der Waals surface area contributed by atoms with Crippen LogP contribution in [0.1, 0.15) is 53.2 Å². The maximum absolute atomic E-state index is 12.2. The number of hydrogen-bond donors (Lipinski definition) is 1. The number of ketones is 1. The lowest BCUT2D eigenvalue weighted by Crippen LogP contribution is -2.16. The van der Waals surface area contributed by atoms with Crippen LogP contribution in [0.3, 0.4) is 0 Å². The van der Waals surface area contributed by atoms with Gasteiger partial charge in [-0.05, 0) is 66.6 Å². The van der Waals surface area contributed by atoms with Crippen LogP contribution in [0.5, 0.6) is 0 Å². The molecule has 0 aliphatic heterocycles. The Labute approximate surface area is 165 Å². The third-order valence-electron chi connectivity index (χ3n) is 4.94. The summed E-state index contributed by atoms with van der Waals surface area (Å²) in [6, 6.07) is 12.7. The molecule has 146 valence electrons. The van der Waals surface area contributed by atoms with Crippen LogP contribution in [0.15, 0.2) is 42.5 Å². The van der Waals surface area contributed by atoms with Gasteiger partial charge in [-0.2, -0.15) is 0 Å². The summed E-state index contributed by atoms with van der Waals surface area (Å²) in [7, 11) is 0. The minimum absolute atomic E-state index is 0.0878. The van der Waals surface area contributed by atoms with Gasteiger partial charge in [0.2, 0.25) is 5.91 Å². The van der Waals surface area contributed by atoms with Gasteiger partial charge in [-0.1, -0.05) is 25.1 Å². The van der Waals surface area contributed by atoms with Crippen LogP contribution in [-0.4, -0.2) is 24.3 Å². The molecule has 0 radical (unpaired) electrons. The summed E-state index contributed by atoms with van der Waals surface area (Å²) in [4.78, 5) is 35.7. The predicted octanol–water partition coefficient (Wildman–Crippen LogP) is 3.88. The second-order valence-corrected chi connectivity index (χ2v) is 7.05. The van der Waals surface area contributed by atoms with Crippen molar-refractivity contribution in [3.63, 3.8) is 0 Å². The molecule has 0 saturated carbocycles. The van der Waals surface area contributed by atoms with E-state index in [-0.39, 0.29) is 24.7 Å². The smallest absolute Gasteiger partial charge is 0.310 e. The lowest BCUT2D eigenvalue weighted by atomic mass is 9.90. The Bertz CT molecular complexity index is 871. The molecule has 0 heterocycles. The second-order valence-electron chi connectivity index (χ2n) is 7.05. The van der Waals surface area contributed by atoms with Gasteiger partial charge in [0.25, 0.3) is 0 Å². The summed E-state index contributed by atoms with van der Waals surface area (Å²) >= 11 is 0. The Morgan fingerprint density at radius 1 is 0.964 bits per heavy atom. The first-order valence-corrected chi connectivity index (χ1v) is 9.74. The Morgan fingerprint density at radius 3 is 2.39 bits per heavy atom. The van der Waals surface area contributed by atoms with Crippen molar-refractivity contribution < 1.29 is 19.1 Å². The van der Waals surface area contributed by atoms with Crippen molar-refractivity contribution in [2.24, 2.45) is 0 Å². The third kappa shape index (κ3) is 5.28. The molecular weight excluding hydrogens is 354 g/mol. The first kappa shape index (κ1) is 19.8. The quantitative estimate of drug-likeness (QED) is 0.585. The van der Waals surface area contributed by atoms with Crippen molar-refractivity contribution in [2.75, 3.05) is 11.9 Å². The fourth-order valence-electron chi connectivity index (χ4n) is 3.33. The van der Waals surface area contributed by atoms with E-state index in [1.807, 2.05) is 6.07 Å². The van der Waals surface area contributed by atoms with E-state index in [2.05, 4.69) is 17.4 Å². The highest BCUT2D eigenvalue weighted by atomic mass is 16.5. The van der Waals surface area contributed by atoms with Crippen LogP contribution in [0, 0.1) is 0 Å². The van der Waals surface area contributed by atoms with E-state index in [4.69, 9.17) is 4.74 Å². The van der Waals surface area contributed by atoms with E-state index in [0.717, 1.165) is 18.4 Å². The van der Waals surface area contributed by atoms with Crippen LogP contribution in [0.2, 0.25) is 0 Å². The first-order valence-electron chi connectivity index (χ1n) is 9.74. The SMILES string of the molecule is CCC(=O)Nc1ccc(C(=O)COC(=O)Cc2ccc3c(c2)CCCC3)cc1. The number of rotatable bonds is 7. The number of Topliss-reactive ketones (excluding diaryl/α,β-unsaturated/α-hetero) is 1. The number of aryl methyl sites for hydroxylation is 2. The van der Waals surface area contributed by atoms with Crippen molar-refractivity contribution in [2.45, 2.75) is 45.4 Å². The van der Waals surface area contributed by atoms with Crippen LogP contribution in [0.25, 0.3) is 0 Å². The number of anilines is 1. The molecule has 0 unspecified atom stereocenters. The van der Waals surface area contributed by atoms with Crippen molar-refractivity contribution in [3.05, 3.63) is 64.7 Å². The predicted molar refractivity (Wildman–Crippen MR) is 107 cm³/mol. The Balaban J connectivity index is 1.50. The summed E-state index contributed by atoms with van der Waals surface area (Å²) in [5, 5.41) is 2.72. The van der Waals surface area contributed by atoms with E-state index in [1.54, 1.807) is 31.2 Å². The number of nitrogens with one attached hydrogen (secondary N) is 1.